The first-order valence-corrected chi connectivity index (χ1v) is 13.4. The van der Waals surface area contributed by atoms with Gasteiger partial charge >= 0.3 is 5.97 Å². The van der Waals surface area contributed by atoms with Gasteiger partial charge in [-0.15, -0.1) is 0 Å². The second kappa shape index (κ2) is 14.6. The zero-order chi connectivity index (χ0) is 29.0. The SMILES string of the molecule is CC(C)(C)c1ccc(C(=O)Nc2ccc(C(=O)NNC(=O)CCCC(=O)OCCCc3ccccc3)cc2)cc1. The van der Waals surface area contributed by atoms with Crippen molar-refractivity contribution in [2.75, 3.05) is 11.9 Å². The Labute approximate surface area is 235 Å². The number of carbonyl (C=O) groups excluding carboxylic acids is 4. The first-order chi connectivity index (χ1) is 19.1. The van der Waals surface area contributed by atoms with Crippen LogP contribution < -0.4 is 16.2 Å². The van der Waals surface area contributed by atoms with E-state index in [1.165, 1.54) is 5.56 Å². The molecule has 0 radical (unpaired) electrons. The van der Waals surface area contributed by atoms with Crippen LogP contribution >= 0.6 is 0 Å². The molecule has 0 spiro atoms. The van der Waals surface area contributed by atoms with Gasteiger partial charge in [-0.25, -0.2) is 0 Å². The molecule has 40 heavy (non-hydrogen) atoms. The first-order valence-electron chi connectivity index (χ1n) is 13.4. The summed E-state index contributed by atoms with van der Waals surface area (Å²) in [5.74, 6) is -1.51. The molecule has 3 aromatic rings. The molecule has 0 aliphatic rings. The van der Waals surface area contributed by atoms with Crippen molar-refractivity contribution in [3.05, 3.63) is 101 Å². The van der Waals surface area contributed by atoms with Gasteiger partial charge in [0.25, 0.3) is 11.8 Å². The van der Waals surface area contributed by atoms with Crippen LogP contribution in [0.4, 0.5) is 5.69 Å². The summed E-state index contributed by atoms with van der Waals surface area (Å²) in [6.45, 7) is 6.67. The maximum Gasteiger partial charge on any atom is 0.305 e. The Morgan fingerprint density at radius 1 is 0.700 bits per heavy atom. The summed E-state index contributed by atoms with van der Waals surface area (Å²) in [6.07, 6.45) is 2.08. The standard InChI is InChI=1S/C32H37N3O5/c1-32(2,3)26-18-14-24(15-19-26)30(38)33-27-20-16-25(17-21-27)31(39)35-34-28(36)12-7-13-29(37)40-22-8-11-23-9-5-4-6-10-23/h4-6,9-10,14-21H,7-8,11-13,22H2,1-3H3,(H,33,38)(H,34,36)(H,35,39). The average Bonchev–Trinajstić information content (AvgIpc) is 2.94. The molecule has 210 valence electrons. The summed E-state index contributed by atoms with van der Waals surface area (Å²) < 4.78 is 5.21. The number of benzene rings is 3. The van der Waals surface area contributed by atoms with Crippen LogP contribution in [0.2, 0.25) is 0 Å². The van der Waals surface area contributed by atoms with E-state index in [0.717, 1.165) is 18.4 Å². The molecule has 0 aromatic heterocycles. The van der Waals surface area contributed by atoms with Gasteiger partial charge in [0.05, 0.1) is 6.61 Å². The van der Waals surface area contributed by atoms with Gasteiger partial charge in [-0.3, -0.25) is 30.0 Å². The third-order valence-corrected chi connectivity index (χ3v) is 6.23. The van der Waals surface area contributed by atoms with E-state index < -0.39 is 11.8 Å². The van der Waals surface area contributed by atoms with Crippen LogP contribution in [-0.2, 0) is 26.2 Å². The molecule has 0 unspecified atom stereocenters. The van der Waals surface area contributed by atoms with Crippen LogP contribution in [-0.4, -0.2) is 30.3 Å². The molecule has 8 nitrogen and oxygen atoms in total. The molecule has 3 N–H and O–H groups in total. The molecule has 0 bridgehead atoms. The molecular weight excluding hydrogens is 506 g/mol. The molecule has 0 heterocycles. The Kier molecular flexibility index (Phi) is 11.0. The van der Waals surface area contributed by atoms with Crippen molar-refractivity contribution in [1.29, 1.82) is 0 Å². The highest BCUT2D eigenvalue weighted by Gasteiger charge is 2.15. The predicted molar refractivity (Wildman–Crippen MR) is 155 cm³/mol. The molecule has 3 aromatic carbocycles. The fraction of sp³-hybridized carbons (Fsp3) is 0.312. The van der Waals surface area contributed by atoms with Crippen molar-refractivity contribution in [3.8, 4) is 0 Å². The van der Waals surface area contributed by atoms with Crippen molar-refractivity contribution in [1.82, 2.24) is 10.9 Å². The van der Waals surface area contributed by atoms with E-state index in [4.69, 9.17) is 4.74 Å². The Balaban J connectivity index is 1.32. The van der Waals surface area contributed by atoms with Crippen LogP contribution in [0, 0.1) is 0 Å². The number of rotatable bonds is 11. The molecular formula is C32H37N3O5. The van der Waals surface area contributed by atoms with Crippen molar-refractivity contribution >= 4 is 29.4 Å². The lowest BCUT2D eigenvalue weighted by molar-refractivity contribution is -0.143. The van der Waals surface area contributed by atoms with Crippen LogP contribution in [0.15, 0.2) is 78.9 Å². The lowest BCUT2D eigenvalue weighted by Gasteiger charge is -2.19. The number of hydrogen-bond acceptors (Lipinski definition) is 5. The van der Waals surface area contributed by atoms with Gasteiger partial charge in [0.1, 0.15) is 0 Å². The number of esters is 1. The number of anilines is 1. The number of carbonyl (C=O) groups is 4. The zero-order valence-electron chi connectivity index (χ0n) is 23.3. The van der Waals surface area contributed by atoms with Crippen molar-refractivity contribution < 1.29 is 23.9 Å². The van der Waals surface area contributed by atoms with Crippen molar-refractivity contribution in [3.63, 3.8) is 0 Å². The normalized spacial score (nSPS) is 10.9. The summed E-state index contributed by atoms with van der Waals surface area (Å²) in [6, 6.07) is 23.8. The lowest BCUT2D eigenvalue weighted by Crippen LogP contribution is -2.41. The van der Waals surface area contributed by atoms with Crippen LogP contribution in [0.3, 0.4) is 0 Å². The fourth-order valence-electron chi connectivity index (χ4n) is 3.86. The molecule has 0 aliphatic heterocycles. The average molecular weight is 544 g/mol. The number of hydrogen-bond donors (Lipinski definition) is 3. The molecule has 3 amide bonds. The third kappa shape index (κ3) is 10.0. The van der Waals surface area contributed by atoms with E-state index in [-0.39, 0.29) is 30.1 Å². The fourth-order valence-corrected chi connectivity index (χ4v) is 3.86. The Hall–Kier alpha value is -4.46. The van der Waals surface area contributed by atoms with Crippen LogP contribution in [0.25, 0.3) is 0 Å². The highest BCUT2D eigenvalue weighted by atomic mass is 16.5. The van der Waals surface area contributed by atoms with E-state index in [2.05, 4.69) is 36.9 Å². The van der Waals surface area contributed by atoms with E-state index in [1.807, 2.05) is 42.5 Å². The smallest absolute Gasteiger partial charge is 0.305 e. The van der Waals surface area contributed by atoms with E-state index in [1.54, 1.807) is 36.4 Å². The van der Waals surface area contributed by atoms with Crippen molar-refractivity contribution in [2.24, 2.45) is 0 Å². The largest absolute Gasteiger partial charge is 0.466 e. The van der Waals surface area contributed by atoms with Crippen molar-refractivity contribution in [2.45, 2.75) is 58.3 Å². The molecule has 0 saturated carbocycles. The Morgan fingerprint density at radius 2 is 1.32 bits per heavy atom. The summed E-state index contributed by atoms with van der Waals surface area (Å²) in [7, 11) is 0. The first kappa shape index (κ1) is 30.1. The van der Waals surface area contributed by atoms with Gasteiger partial charge in [0.2, 0.25) is 5.91 Å². The van der Waals surface area contributed by atoms with E-state index in [9.17, 15) is 19.2 Å². The molecule has 0 aliphatic carbocycles. The lowest BCUT2D eigenvalue weighted by atomic mass is 9.87. The topological polar surface area (TPSA) is 114 Å². The predicted octanol–water partition coefficient (Wildman–Crippen LogP) is 5.34. The van der Waals surface area contributed by atoms with E-state index >= 15 is 0 Å². The molecule has 3 rings (SSSR count). The van der Waals surface area contributed by atoms with Gasteiger partial charge < -0.3 is 10.1 Å². The number of hydrazine groups is 1. The van der Waals surface area contributed by atoms with Gasteiger partial charge in [-0.1, -0.05) is 63.2 Å². The third-order valence-electron chi connectivity index (χ3n) is 6.23. The van der Waals surface area contributed by atoms with Gasteiger partial charge in [0, 0.05) is 29.7 Å². The molecule has 0 saturated heterocycles. The quantitative estimate of drug-likeness (QED) is 0.172. The Bertz CT molecular complexity index is 1280. The van der Waals surface area contributed by atoms with Crippen LogP contribution in [0.5, 0.6) is 0 Å². The van der Waals surface area contributed by atoms with Gasteiger partial charge in [0.15, 0.2) is 0 Å². The highest BCUT2D eigenvalue weighted by Crippen LogP contribution is 2.22. The maximum absolute atomic E-state index is 12.6. The number of amides is 3. The van der Waals surface area contributed by atoms with Gasteiger partial charge in [-0.05, 0) is 72.2 Å². The summed E-state index contributed by atoms with van der Waals surface area (Å²) in [5.41, 5.74) is 8.42. The Morgan fingerprint density at radius 3 is 1.98 bits per heavy atom. The number of aryl methyl sites for hydroxylation is 1. The van der Waals surface area contributed by atoms with Crippen LogP contribution in [0.1, 0.15) is 78.3 Å². The second-order valence-corrected chi connectivity index (χ2v) is 10.5. The summed E-state index contributed by atoms with van der Waals surface area (Å²) >= 11 is 0. The monoisotopic (exact) mass is 543 g/mol. The molecule has 0 atom stereocenters. The van der Waals surface area contributed by atoms with E-state index in [0.29, 0.717) is 29.8 Å². The summed E-state index contributed by atoms with van der Waals surface area (Å²) in [5, 5.41) is 2.81. The molecule has 8 heteroatoms. The van der Waals surface area contributed by atoms with Gasteiger partial charge in [-0.2, -0.15) is 0 Å². The number of ether oxygens (including phenoxy) is 1. The second-order valence-electron chi connectivity index (χ2n) is 10.5. The number of nitrogens with one attached hydrogen (secondary N) is 3. The minimum atomic E-state index is -0.498. The summed E-state index contributed by atoms with van der Waals surface area (Å²) in [4.78, 5) is 48.8. The minimum absolute atomic E-state index is 0.00165. The highest BCUT2D eigenvalue weighted by molar-refractivity contribution is 6.04. The minimum Gasteiger partial charge on any atom is -0.466 e. The zero-order valence-corrected chi connectivity index (χ0v) is 23.3. The molecule has 0 fully saturated rings. The maximum atomic E-state index is 12.6.